The third kappa shape index (κ3) is 5.06. The minimum atomic E-state index is -1.02. The van der Waals surface area contributed by atoms with Gasteiger partial charge in [0.1, 0.15) is 6.04 Å². The Kier molecular flexibility index (Phi) is 5.17. The predicted molar refractivity (Wildman–Crippen MR) is 71.0 cm³/mol. The molecule has 0 spiro atoms. The molecule has 0 aromatic heterocycles. The number of ether oxygens (including phenoxy) is 1. The van der Waals surface area contributed by atoms with Crippen molar-refractivity contribution in [3.05, 3.63) is 0 Å². The maximum absolute atomic E-state index is 11.8. The second-order valence-electron chi connectivity index (χ2n) is 5.98. The van der Waals surface area contributed by atoms with Gasteiger partial charge in [-0.15, -0.1) is 0 Å². The molecule has 3 N–H and O–H groups in total. The summed E-state index contributed by atoms with van der Waals surface area (Å²) in [5, 5.41) is 14.3. The van der Waals surface area contributed by atoms with Gasteiger partial charge in [-0.05, 0) is 32.6 Å². The molecule has 0 aromatic carbocycles. The lowest BCUT2D eigenvalue weighted by molar-refractivity contribution is -0.140. The summed E-state index contributed by atoms with van der Waals surface area (Å²) >= 11 is 0. The van der Waals surface area contributed by atoms with Gasteiger partial charge in [-0.2, -0.15) is 0 Å². The Balaban J connectivity index is 2.48. The van der Waals surface area contributed by atoms with Crippen molar-refractivity contribution in [3.63, 3.8) is 0 Å². The number of carboxylic acids is 1. The average Bonchev–Trinajstić information content (AvgIpc) is 2.23. The van der Waals surface area contributed by atoms with Crippen LogP contribution in [0.15, 0.2) is 0 Å². The van der Waals surface area contributed by atoms with Crippen LogP contribution in [0.3, 0.4) is 0 Å². The molecule has 0 radical (unpaired) electrons. The van der Waals surface area contributed by atoms with Crippen LogP contribution in [0.5, 0.6) is 0 Å². The molecular weight excluding hydrogens is 248 g/mol. The van der Waals surface area contributed by atoms with Crippen molar-refractivity contribution in [2.24, 2.45) is 5.92 Å². The first-order valence-corrected chi connectivity index (χ1v) is 6.65. The van der Waals surface area contributed by atoms with E-state index in [1.165, 1.54) is 0 Å². The Morgan fingerprint density at radius 3 is 2.47 bits per heavy atom. The number of urea groups is 1. The average molecular weight is 272 g/mol. The van der Waals surface area contributed by atoms with E-state index in [2.05, 4.69) is 10.6 Å². The number of aliphatic carboxylic acids is 1. The highest BCUT2D eigenvalue weighted by atomic mass is 16.5. The van der Waals surface area contributed by atoms with Gasteiger partial charge in [0.15, 0.2) is 0 Å². The molecule has 0 aliphatic carbocycles. The molecule has 1 heterocycles. The normalized spacial score (nSPS) is 23.7. The zero-order valence-corrected chi connectivity index (χ0v) is 12.0. The maximum atomic E-state index is 11.8. The molecule has 0 saturated carbocycles. The minimum absolute atomic E-state index is 0.0188. The highest BCUT2D eigenvalue weighted by Gasteiger charge is 2.30. The summed E-state index contributed by atoms with van der Waals surface area (Å²) in [7, 11) is 0. The van der Waals surface area contributed by atoms with Gasteiger partial charge in [0.2, 0.25) is 0 Å². The molecule has 6 nitrogen and oxygen atoms in total. The monoisotopic (exact) mass is 272 g/mol. The number of carbonyl (C=O) groups excluding carboxylic acids is 1. The quantitative estimate of drug-likeness (QED) is 0.721. The molecule has 2 atom stereocenters. The molecule has 0 aromatic rings. The Bertz CT molecular complexity index is 342. The lowest BCUT2D eigenvalue weighted by Crippen LogP contribution is -2.53. The molecule has 1 fully saturated rings. The summed E-state index contributed by atoms with van der Waals surface area (Å²) in [6.07, 6.45) is 1.47. The van der Waals surface area contributed by atoms with Gasteiger partial charge in [-0.25, -0.2) is 9.59 Å². The molecule has 1 saturated heterocycles. The van der Waals surface area contributed by atoms with Crippen LogP contribution in [-0.4, -0.2) is 41.4 Å². The lowest BCUT2D eigenvalue weighted by atomic mass is 9.94. The predicted octanol–water partition coefficient (Wildman–Crippen LogP) is 1.35. The van der Waals surface area contributed by atoms with E-state index in [4.69, 9.17) is 9.84 Å². The molecule has 19 heavy (non-hydrogen) atoms. The standard InChI is InChI=1S/C13H24N2O4/c1-8(2)10(11(16)17)15-12(18)14-9-5-6-19-13(3,4)7-9/h8-10H,5-7H2,1-4H3,(H,16,17)(H2,14,15,18)/t9?,10-/m0/s1. The van der Waals surface area contributed by atoms with Crippen molar-refractivity contribution in [3.8, 4) is 0 Å². The molecule has 1 unspecified atom stereocenters. The smallest absolute Gasteiger partial charge is 0.326 e. The van der Waals surface area contributed by atoms with Gasteiger partial charge in [0.25, 0.3) is 0 Å². The minimum Gasteiger partial charge on any atom is -0.480 e. The second kappa shape index (κ2) is 6.23. The summed E-state index contributed by atoms with van der Waals surface area (Å²) in [5.41, 5.74) is -0.250. The van der Waals surface area contributed by atoms with E-state index in [0.717, 1.165) is 12.8 Å². The first-order chi connectivity index (χ1) is 8.71. The zero-order valence-electron chi connectivity index (χ0n) is 12.0. The number of nitrogens with one attached hydrogen (secondary N) is 2. The maximum Gasteiger partial charge on any atom is 0.326 e. The lowest BCUT2D eigenvalue weighted by Gasteiger charge is -2.36. The van der Waals surface area contributed by atoms with Gasteiger partial charge in [0.05, 0.1) is 5.60 Å². The van der Waals surface area contributed by atoms with E-state index in [1.54, 1.807) is 13.8 Å². The zero-order chi connectivity index (χ0) is 14.6. The van der Waals surface area contributed by atoms with Crippen molar-refractivity contribution in [2.75, 3.05) is 6.61 Å². The highest BCUT2D eigenvalue weighted by Crippen LogP contribution is 2.23. The Labute approximate surface area is 113 Å². The summed E-state index contributed by atoms with van der Waals surface area (Å²) in [4.78, 5) is 22.8. The molecule has 1 rings (SSSR count). The Morgan fingerprint density at radius 2 is 2.00 bits per heavy atom. The van der Waals surface area contributed by atoms with E-state index in [0.29, 0.717) is 6.61 Å². The van der Waals surface area contributed by atoms with E-state index >= 15 is 0 Å². The SMILES string of the molecule is CC(C)[C@H](NC(=O)NC1CCOC(C)(C)C1)C(=O)O. The molecule has 2 amide bonds. The van der Waals surface area contributed by atoms with Gasteiger partial charge < -0.3 is 20.5 Å². The van der Waals surface area contributed by atoms with Crippen LogP contribution >= 0.6 is 0 Å². The first-order valence-electron chi connectivity index (χ1n) is 6.65. The van der Waals surface area contributed by atoms with Crippen molar-refractivity contribution in [1.29, 1.82) is 0 Å². The first kappa shape index (κ1) is 15.8. The number of hydrogen-bond donors (Lipinski definition) is 3. The largest absolute Gasteiger partial charge is 0.480 e. The van der Waals surface area contributed by atoms with Gasteiger partial charge in [-0.3, -0.25) is 0 Å². The van der Waals surface area contributed by atoms with E-state index in [-0.39, 0.29) is 17.6 Å². The van der Waals surface area contributed by atoms with Crippen LogP contribution in [-0.2, 0) is 9.53 Å². The molecule has 110 valence electrons. The second-order valence-corrected chi connectivity index (χ2v) is 5.98. The number of hydrogen-bond acceptors (Lipinski definition) is 3. The molecule has 1 aliphatic heterocycles. The molecular formula is C13H24N2O4. The van der Waals surface area contributed by atoms with Crippen molar-refractivity contribution < 1.29 is 19.4 Å². The Morgan fingerprint density at radius 1 is 1.37 bits per heavy atom. The van der Waals surface area contributed by atoms with Crippen LogP contribution in [0.4, 0.5) is 4.79 Å². The van der Waals surface area contributed by atoms with Crippen LogP contribution in [0, 0.1) is 5.92 Å². The molecule has 0 bridgehead atoms. The number of rotatable bonds is 4. The Hall–Kier alpha value is -1.30. The summed E-state index contributed by atoms with van der Waals surface area (Å²) < 4.78 is 5.57. The van der Waals surface area contributed by atoms with Crippen molar-refractivity contribution >= 4 is 12.0 Å². The fourth-order valence-electron chi connectivity index (χ4n) is 2.24. The fourth-order valence-corrected chi connectivity index (χ4v) is 2.24. The van der Waals surface area contributed by atoms with Crippen molar-refractivity contribution in [1.82, 2.24) is 10.6 Å². The number of carbonyl (C=O) groups is 2. The van der Waals surface area contributed by atoms with Gasteiger partial charge in [0, 0.05) is 12.6 Å². The third-order valence-corrected chi connectivity index (χ3v) is 3.25. The fraction of sp³-hybridized carbons (Fsp3) is 0.846. The molecule has 6 heteroatoms. The van der Waals surface area contributed by atoms with E-state index in [1.807, 2.05) is 13.8 Å². The number of carboxylic acid groups (broad SMARTS) is 1. The van der Waals surface area contributed by atoms with Crippen LogP contribution in [0.2, 0.25) is 0 Å². The topological polar surface area (TPSA) is 87.7 Å². The van der Waals surface area contributed by atoms with Crippen LogP contribution in [0.1, 0.15) is 40.5 Å². The summed E-state index contributed by atoms with van der Waals surface area (Å²) in [6.45, 7) is 8.08. The summed E-state index contributed by atoms with van der Waals surface area (Å²) in [5.74, 6) is -1.17. The van der Waals surface area contributed by atoms with Crippen LogP contribution < -0.4 is 10.6 Å². The summed E-state index contributed by atoms with van der Waals surface area (Å²) in [6, 6.07) is -1.28. The van der Waals surface area contributed by atoms with Gasteiger partial charge >= 0.3 is 12.0 Å². The highest BCUT2D eigenvalue weighted by molar-refractivity contribution is 5.82. The van der Waals surface area contributed by atoms with Crippen molar-refractivity contribution in [2.45, 2.75) is 58.2 Å². The van der Waals surface area contributed by atoms with Crippen LogP contribution in [0.25, 0.3) is 0 Å². The van der Waals surface area contributed by atoms with E-state index < -0.39 is 18.0 Å². The third-order valence-electron chi connectivity index (χ3n) is 3.25. The number of amides is 2. The van der Waals surface area contributed by atoms with E-state index in [9.17, 15) is 9.59 Å². The van der Waals surface area contributed by atoms with Gasteiger partial charge in [-0.1, -0.05) is 13.8 Å². The molecule has 1 aliphatic rings.